The van der Waals surface area contributed by atoms with E-state index in [4.69, 9.17) is 9.47 Å². The monoisotopic (exact) mass is 481 g/mol. The number of nitrogens with zero attached hydrogens (tertiary/aromatic N) is 1. The number of benzene rings is 1. The number of likely N-dealkylation sites (N-methyl/N-ethyl adjacent to an activating group) is 1. The number of phenols is 1. The van der Waals surface area contributed by atoms with Crippen molar-refractivity contribution in [2.45, 2.75) is 58.7 Å². The van der Waals surface area contributed by atoms with E-state index in [9.17, 15) is 29.4 Å². The summed E-state index contributed by atoms with van der Waals surface area (Å²) >= 11 is 0. The number of ether oxygens (including phenoxy) is 2. The second-order valence-electron chi connectivity index (χ2n) is 8.35. The zero-order chi connectivity index (χ0) is 25.9. The van der Waals surface area contributed by atoms with E-state index >= 15 is 0 Å². The molecule has 3 amide bonds. The molecule has 4 N–H and O–H groups in total. The molecule has 2 atom stereocenters. The third-order valence-electron chi connectivity index (χ3n) is 4.48. The molecular weight excluding hydrogens is 446 g/mol. The van der Waals surface area contributed by atoms with E-state index in [2.05, 4.69) is 10.6 Å². The summed E-state index contributed by atoms with van der Waals surface area (Å²) < 4.78 is 9.99. The van der Waals surface area contributed by atoms with Gasteiger partial charge in [0.05, 0.1) is 19.6 Å². The van der Waals surface area contributed by atoms with Crippen molar-refractivity contribution < 1.29 is 38.9 Å². The largest absolute Gasteiger partial charge is 0.508 e. The quantitative estimate of drug-likeness (QED) is 0.344. The van der Waals surface area contributed by atoms with Crippen LogP contribution in [0.25, 0.3) is 0 Å². The fourth-order valence-corrected chi connectivity index (χ4v) is 3.09. The van der Waals surface area contributed by atoms with Gasteiger partial charge in [-0.3, -0.25) is 14.4 Å². The maximum atomic E-state index is 13.3. The third-order valence-corrected chi connectivity index (χ3v) is 4.48. The van der Waals surface area contributed by atoms with Crippen LogP contribution in [-0.4, -0.2) is 76.9 Å². The van der Waals surface area contributed by atoms with Gasteiger partial charge in [-0.2, -0.15) is 0 Å². The van der Waals surface area contributed by atoms with Crippen LogP contribution in [0, 0.1) is 0 Å². The molecule has 0 fully saturated rings. The van der Waals surface area contributed by atoms with Gasteiger partial charge in [0, 0.05) is 13.1 Å². The van der Waals surface area contributed by atoms with Crippen LogP contribution in [0.15, 0.2) is 24.3 Å². The molecule has 11 nitrogen and oxygen atoms in total. The first kappa shape index (κ1) is 28.7. The highest BCUT2D eigenvalue weighted by atomic mass is 16.6. The number of nitrogens with one attached hydrogen (secondary N) is 2. The van der Waals surface area contributed by atoms with Crippen LogP contribution < -0.4 is 10.6 Å². The molecular formula is C23H35N3O8. The van der Waals surface area contributed by atoms with Crippen molar-refractivity contribution in [3.63, 3.8) is 0 Å². The van der Waals surface area contributed by atoms with Gasteiger partial charge < -0.3 is 35.2 Å². The van der Waals surface area contributed by atoms with Crippen LogP contribution in [0.1, 0.15) is 52.6 Å². The standard InChI is InChI=1S/C23H35N3O8/c1-6-26(21(31)17(14-27)25-22(32)34-23(3,4)5)19(15-9-8-10-16(28)13-15)20(30)24-12-11-18(29)33-7-2/h8-10,13,17,19,27-28H,6-7,11-12,14H2,1-5H3,(H,24,30)(H,25,32). The summed E-state index contributed by atoms with van der Waals surface area (Å²) in [6.07, 6.45) is -0.963. The minimum absolute atomic E-state index is 0.0295. The van der Waals surface area contributed by atoms with Gasteiger partial charge in [0.15, 0.2) is 0 Å². The Bertz CT molecular complexity index is 853. The summed E-state index contributed by atoms with van der Waals surface area (Å²) in [5.41, 5.74) is -0.515. The number of aromatic hydroxyl groups is 1. The Morgan fingerprint density at radius 2 is 1.82 bits per heavy atom. The molecule has 0 aromatic heterocycles. The van der Waals surface area contributed by atoms with Crippen molar-refractivity contribution in [3.05, 3.63) is 29.8 Å². The number of aliphatic hydroxyl groups excluding tert-OH is 1. The second-order valence-corrected chi connectivity index (χ2v) is 8.35. The van der Waals surface area contributed by atoms with Crippen LogP contribution in [-0.2, 0) is 23.9 Å². The number of carbonyl (C=O) groups is 4. The van der Waals surface area contributed by atoms with Crippen LogP contribution in [0.2, 0.25) is 0 Å². The number of carbonyl (C=O) groups excluding carboxylic acids is 4. The molecule has 0 aliphatic carbocycles. The fraction of sp³-hybridized carbons (Fsp3) is 0.565. The summed E-state index contributed by atoms with van der Waals surface area (Å²) in [6, 6.07) is 3.24. The molecule has 0 aliphatic heterocycles. The van der Waals surface area contributed by atoms with Gasteiger partial charge >= 0.3 is 12.1 Å². The lowest BCUT2D eigenvalue weighted by molar-refractivity contribution is -0.144. The summed E-state index contributed by atoms with van der Waals surface area (Å²) in [4.78, 5) is 51.3. The number of rotatable bonds is 11. The normalized spacial score (nSPS) is 12.8. The predicted molar refractivity (Wildman–Crippen MR) is 123 cm³/mol. The number of phenolic OH excluding ortho intramolecular Hbond substituents is 1. The van der Waals surface area contributed by atoms with Crippen molar-refractivity contribution in [1.29, 1.82) is 0 Å². The second kappa shape index (κ2) is 13.4. The maximum absolute atomic E-state index is 13.3. The van der Waals surface area contributed by atoms with Gasteiger partial charge in [-0.1, -0.05) is 12.1 Å². The summed E-state index contributed by atoms with van der Waals surface area (Å²) in [5, 5.41) is 24.6. The molecule has 0 heterocycles. The van der Waals surface area contributed by atoms with Gasteiger partial charge in [0.25, 0.3) is 0 Å². The van der Waals surface area contributed by atoms with Gasteiger partial charge in [-0.15, -0.1) is 0 Å². The van der Waals surface area contributed by atoms with Gasteiger partial charge in [-0.25, -0.2) is 4.79 Å². The first-order chi connectivity index (χ1) is 15.9. The van der Waals surface area contributed by atoms with Gasteiger partial charge in [-0.05, 0) is 52.3 Å². The fourth-order valence-electron chi connectivity index (χ4n) is 3.09. The zero-order valence-corrected chi connectivity index (χ0v) is 20.3. The molecule has 1 aromatic carbocycles. The Balaban J connectivity index is 3.15. The SMILES string of the molecule is CCOC(=O)CCNC(=O)C(c1cccc(O)c1)N(CC)C(=O)C(CO)NC(=O)OC(C)(C)C. The lowest BCUT2D eigenvalue weighted by Crippen LogP contribution is -2.54. The minimum Gasteiger partial charge on any atom is -0.508 e. The molecule has 0 saturated carbocycles. The Kier molecular flexibility index (Phi) is 11.3. The van der Waals surface area contributed by atoms with Crippen LogP contribution in [0.3, 0.4) is 0 Å². The zero-order valence-electron chi connectivity index (χ0n) is 20.3. The van der Waals surface area contributed by atoms with Gasteiger partial charge in [0.1, 0.15) is 23.4 Å². The number of hydrogen-bond donors (Lipinski definition) is 4. The highest BCUT2D eigenvalue weighted by Gasteiger charge is 2.35. The first-order valence-electron chi connectivity index (χ1n) is 11.1. The number of aliphatic hydroxyl groups is 1. The number of esters is 1. The van der Waals surface area contributed by atoms with Crippen molar-refractivity contribution in [2.24, 2.45) is 0 Å². The molecule has 34 heavy (non-hydrogen) atoms. The number of hydrogen-bond acceptors (Lipinski definition) is 8. The van der Waals surface area contributed by atoms with Crippen LogP contribution >= 0.6 is 0 Å². The van der Waals surface area contributed by atoms with E-state index < -0.39 is 48.2 Å². The minimum atomic E-state index is -1.37. The highest BCUT2D eigenvalue weighted by Crippen LogP contribution is 2.25. The molecule has 1 rings (SSSR count). The number of amides is 3. The Labute approximate surface area is 199 Å². The van der Waals surface area contributed by atoms with Crippen LogP contribution in [0.5, 0.6) is 5.75 Å². The topological polar surface area (TPSA) is 154 Å². The smallest absolute Gasteiger partial charge is 0.408 e. The van der Waals surface area contributed by atoms with Crippen molar-refractivity contribution >= 4 is 23.9 Å². The molecule has 0 radical (unpaired) electrons. The van der Waals surface area contributed by atoms with E-state index in [0.717, 1.165) is 4.90 Å². The molecule has 1 aromatic rings. The first-order valence-corrected chi connectivity index (χ1v) is 11.1. The van der Waals surface area contributed by atoms with Gasteiger partial charge in [0.2, 0.25) is 11.8 Å². The molecule has 0 bridgehead atoms. The van der Waals surface area contributed by atoms with Crippen molar-refractivity contribution in [2.75, 3.05) is 26.3 Å². The average molecular weight is 482 g/mol. The highest BCUT2D eigenvalue weighted by molar-refractivity contribution is 5.92. The number of alkyl carbamates (subject to hydrolysis) is 1. The molecule has 11 heteroatoms. The summed E-state index contributed by atoms with van der Waals surface area (Å²) in [5.74, 6) is -1.94. The van der Waals surface area contributed by atoms with E-state index in [1.165, 1.54) is 18.2 Å². The van der Waals surface area contributed by atoms with E-state index in [1.54, 1.807) is 40.7 Å². The third kappa shape index (κ3) is 9.26. The summed E-state index contributed by atoms with van der Waals surface area (Å²) in [6.45, 7) is 7.74. The van der Waals surface area contributed by atoms with E-state index in [1.807, 2.05) is 0 Å². The average Bonchev–Trinajstić information content (AvgIpc) is 2.74. The Hall–Kier alpha value is -3.34. The van der Waals surface area contributed by atoms with E-state index in [0.29, 0.717) is 5.56 Å². The lowest BCUT2D eigenvalue weighted by atomic mass is 10.0. The lowest BCUT2D eigenvalue weighted by Gasteiger charge is -2.33. The molecule has 0 spiro atoms. The van der Waals surface area contributed by atoms with Crippen LogP contribution in [0.4, 0.5) is 4.79 Å². The molecule has 0 saturated heterocycles. The van der Waals surface area contributed by atoms with Crippen molar-refractivity contribution in [3.8, 4) is 5.75 Å². The maximum Gasteiger partial charge on any atom is 0.408 e. The van der Waals surface area contributed by atoms with E-state index in [-0.39, 0.29) is 31.9 Å². The predicted octanol–water partition coefficient (Wildman–Crippen LogP) is 1.24. The molecule has 0 aliphatic rings. The molecule has 2 unspecified atom stereocenters. The Morgan fingerprint density at radius 1 is 1.15 bits per heavy atom. The molecule has 190 valence electrons. The Morgan fingerprint density at radius 3 is 2.35 bits per heavy atom. The summed E-state index contributed by atoms with van der Waals surface area (Å²) in [7, 11) is 0. The van der Waals surface area contributed by atoms with Crippen molar-refractivity contribution in [1.82, 2.24) is 15.5 Å².